The molecule has 2 rings (SSSR count). The molecule has 0 atom stereocenters. The highest BCUT2D eigenvalue weighted by Gasteiger charge is 2.11. The third kappa shape index (κ3) is 1.39. The molecule has 74 valence electrons. The monoisotopic (exact) mass is 194 g/mol. The van der Waals surface area contributed by atoms with Crippen LogP contribution < -0.4 is 0 Å². The van der Waals surface area contributed by atoms with Gasteiger partial charge in [-0.1, -0.05) is 5.16 Å². The number of aromatic nitrogens is 4. The lowest BCUT2D eigenvalue weighted by atomic mass is 10.4. The third-order valence-corrected chi connectivity index (χ3v) is 1.94. The Morgan fingerprint density at radius 1 is 1.57 bits per heavy atom. The first-order valence-electron chi connectivity index (χ1n) is 4.15. The van der Waals surface area contributed by atoms with E-state index in [1.807, 2.05) is 20.0 Å². The molecule has 0 aliphatic carbocycles. The molecule has 0 saturated heterocycles. The molecule has 1 N–H and O–H groups in total. The largest absolute Gasteiger partial charge is 0.388 e. The fraction of sp³-hybridized carbons (Fsp3) is 0.375. The maximum absolute atomic E-state index is 8.75. The van der Waals surface area contributed by atoms with Gasteiger partial charge < -0.3 is 9.63 Å². The van der Waals surface area contributed by atoms with Gasteiger partial charge in [0.15, 0.2) is 11.5 Å². The van der Waals surface area contributed by atoms with Crippen LogP contribution in [0.2, 0.25) is 0 Å². The van der Waals surface area contributed by atoms with Crippen LogP contribution in [0.15, 0.2) is 10.6 Å². The van der Waals surface area contributed by atoms with Crippen LogP contribution in [0.3, 0.4) is 0 Å². The molecule has 0 aliphatic heterocycles. The van der Waals surface area contributed by atoms with E-state index in [0.29, 0.717) is 11.6 Å². The molecule has 0 fully saturated rings. The second-order valence-electron chi connectivity index (χ2n) is 2.97. The average Bonchev–Trinajstić information content (AvgIpc) is 2.74. The van der Waals surface area contributed by atoms with E-state index in [1.54, 1.807) is 4.68 Å². The van der Waals surface area contributed by atoms with E-state index in [-0.39, 0.29) is 12.4 Å². The van der Waals surface area contributed by atoms with Gasteiger partial charge in [0.05, 0.1) is 0 Å². The van der Waals surface area contributed by atoms with E-state index in [9.17, 15) is 0 Å². The maximum atomic E-state index is 8.75. The zero-order valence-corrected chi connectivity index (χ0v) is 7.93. The minimum atomic E-state index is -0.227. The Hall–Kier alpha value is -1.69. The standard InChI is InChI=1S/C8H10N4O2/c1-5-3-6(10-12(5)2)8-9-7(4-13)11-14-8/h3,13H,4H2,1-2H3. The van der Waals surface area contributed by atoms with E-state index >= 15 is 0 Å². The Kier molecular flexibility index (Phi) is 2.05. The third-order valence-electron chi connectivity index (χ3n) is 1.94. The summed E-state index contributed by atoms with van der Waals surface area (Å²) in [6.45, 7) is 1.70. The minimum Gasteiger partial charge on any atom is -0.388 e. The fourth-order valence-corrected chi connectivity index (χ4v) is 1.09. The molecule has 0 bridgehead atoms. The van der Waals surface area contributed by atoms with Crippen LogP contribution in [-0.4, -0.2) is 25.0 Å². The van der Waals surface area contributed by atoms with Gasteiger partial charge in [-0.3, -0.25) is 4.68 Å². The van der Waals surface area contributed by atoms with Crippen molar-refractivity contribution in [1.29, 1.82) is 0 Å². The summed E-state index contributed by atoms with van der Waals surface area (Å²) < 4.78 is 6.63. The van der Waals surface area contributed by atoms with E-state index in [0.717, 1.165) is 5.69 Å². The van der Waals surface area contributed by atoms with Crippen molar-refractivity contribution in [2.75, 3.05) is 0 Å². The predicted octanol–water partition coefficient (Wildman–Crippen LogP) is 0.271. The molecule has 0 spiro atoms. The first-order chi connectivity index (χ1) is 6.70. The highest BCUT2D eigenvalue weighted by atomic mass is 16.5. The summed E-state index contributed by atoms with van der Waals surface area (Å²) in [5.74, 6) is 0.598. The number of hydrogen-bond acceptors (Lipinski definition) is 5. The van der Waals surface area contributed by atoms with E-state index in [4.69, 9.17) is 9.63 Å². The van der Waals surface area contributed by atoms with Crippen LogP contribution in [-0.2, 0) is 13.7 Å². The first-order valence-corrected chi connectivity index (χ1v) is 4.15. The molecule has 14 heavy (non-hydrogen) atoms. The fourth-order valence-electron chi connectivity index (χ4n) is 1.09. The minimum absolute atomic E-state index is 0.227. The van der Waals surface area contributed by atoms with E-state index < -0.39 is 0 Å². The molecule has 0 amide bonds. The average molecular weight is 194 g/mol. The van der Waals surface area contributed by atoms with Crippen molar-refractivity contribution in [3.8, 4) is 11.6 Å². The molecule has 0 aliphatic rings. The van der Waals surface area contributed by atoms with E-state index in [2.05, 4.69) is 15.2 Å². The SMILES string of the molecule is Cc1cc(-c2nc(CO)no2)nn1C. The summed E-state index contributed by atoms with van der Waals surface area (Å²) in [6, 6.07) is 1.84. The lowest BCUT2D eigenvalue weighted by Crippen LogP contribution is -1.92. The van der Waals surface area contributed by atoms with Gasteiger partial charge in [-0.2, -0.15) is 10.1 Å². The molecule has 0 saturated carbocycles. The van der Waals surface area contributed by atoms with Gasteiger partial charge in [0.2, 0.25) is 0 Å². The lowest BCUT2D eigenvalue weighted by molar-refractivity contribution is 0.264. The van der Waals surface area contributed by atoms with Gasteiger partial charge in [-0.05, 0) is 13.0 Å². The van der Waals surface area contributed by atoms with Crippen LogP contribution in [0.5, 0.6) is 0 Å². The highest BCUT2D eigenvalue weighted by Crippen LogP contribution is 2.15. The molecule has 0 aromatic carbocycles. The Bertz CT molecular complexity index is 426. The van der Waals surface area contributed by atoms with Crippen molar-refractivity contribution in [3.63, 3.8) is 0 Å². The van der Waals surface area contributed by atoms with Gasteiger partial charge in [0.25, 0.3) is 5.89 Å². The molecule has 0 unspecified atom stereocenters. The van der Waals surface area contributed by atoms with Crippen LogP contribution in [0.4, 0.5) is 0 Å². The van der Waals surface area contributed by atoms with Crippen molar-refractivity contribution in [2.45, 2.75) is 13.5 Å². The topological polar surface area (TPSA) is 77.0 Å². The quantitative estimate of drug-likeness (QED) is 0.742. The summed E-state index contributed by atoms with van der Waals surface area (Å²) in [4.78, 5) is 3.95. The Balaban J connectivity index is 2.39. The Labute approximate surface area is 80.2 Å². The zero-order chi connectivity index (χ0) is 10.1. The maximum Gasteiger partial charge on any atom is 0.278 e. The van der Waals surface area contributed by atoms with Crippen LogP contribution in [0.1, 0.15) is 11.5 Å². The predicted molar refractivity (Wildman–Crippen MR) is 47.2 cm³/mol. The number of nitrogens with zero attached hydrogens (tertiary/aromatic N) is 4. The Morgan fingerprint density at radius 3 is 2.86 bits per heavy atom. The van der Waals surface area contributed by atoms with Crippen LogP contribution in [0, 0.1) is 6.92 Å². The van der Waals surface area contributed by atoms with Gasteiger partial charge in [0, 0.05) is 12.7 Å². The number of aliphatic hydroxyl groups excluding tert-OH is 1. The molecule has 6 nitrogen and oxygen atoms in total. The number of hydrogen-bond donors (Lipinski definition) is 1. The molecular weight excluding hydrogens is 184 g/mol. The summed E-state index contributed by atoms with van der Waals surface area (Å²) in [5, 5.41) is 16.5. The summed E-state index contributed by atoms with van der Waals surface area (Å²) in [6.07, 6.45) is 0. The van der Waals surface area contributed by atoms with Crippen LogP contribution >= 0.6 is 0 Å². The molecular formula is C8H10N4O2. The normalized spacial score (nSPS) is 10.8. The lowest BCUT2D eigenvalue weighted by Gasteiger charge is -1.88. The van der Waals surface area contributed by atoms with Crippen LogP contribution in [0.25, 0.3) is 11.6 Å². The van der Waals surface area contributed by atoms with Crippen molar-refractivity contribution >= 4 is 0 Å². The number of rotatable bonds is 2. The molecule has 0 radical (unpaired) electrons. The second-order valence-corrected chi connectivity index (χ2v) is 2.97. The first kappa shape index (κ1) is 8.89. The Morgan fingerprint density at radius 2 is 2.36 bits per heavy atom. The van der Waals surface area contributed by atoms with Gasteiger partial charge in [-0.25, -0.2) is 0 Å². The highest BCUT2D eigenvalue weighted by molar-refractivity contribution is 5.46. The van der Waals surface area contributed by atoms with Gasteiger partial charge in [0.1, 0.15) is 6.61 Å². The summed E-state index contributed by atoms with van der Waals surface area (Å²) >= 11 is 0. The summed E-state index contributed by atoms with van der Waals surface area (Å²) in [7, 11) is 1.84. The second kappa shape index (κ2) is 3.22. The smallest absolute Gasteiger partial charge is 0.278 e. The molecule has 6 heteroatoms. The van der Waals surface area contributed by atoms with Crippen molar-refractivity contribution in [2.24, 2.45) is 7.05 Å². The molecule has 2 aromatic heterocycles. The molecule has 2 aromatic rings. The number of aliphatic hydroxyl groups is 1. The van der Waals surface area contributed by atoms with Crippen molar-refractivity contribution < 1.29 is 9.63 Å². The van der Waals surface area contributed by atoms with E-state index in [1.165, 1.54) is 0 Å². The number of aryl methyl sites for hydroxylation is 2. The zero-order valence-electron chi connectivity index (χ0n) is 7.93. The summed E-state index contributed by atoms with van der Waals surface area (Å²) in [5.41, 5.74) is 1.63. The van der Waals surface area contributed by atoms with Gasteiger partial charge >= 0.3 is 0 Å². The molecule has 2 heterocycles. The van der Waals surface area contributed by atoms with Gasteiger partial charge in [-0.15, -0.1) is 0 Å². The van der Waals surface area contributed by atoms with Crippen molar-refractivity contribution in [3.05, 3.63) is 17.6 Å². The van der Waals surface area contributed by atoms with Crippen molar-refractivity contribution in [1.82, 2.24) is 19.9 Å².